The summed E-state index contributed by atoms with van der Waals surface area (Å²) in [6, 6.07) is 5.16. The van der Waals surface area contributed by atoms with Crippen LogP contribution in [0.2, 0.25) is 0 Å². The maximum Gasteiger partial charge on any atom is 0.306 e. The Labute approximate surface area is 200 Å². The highest BCUT2D eigenvalue weighted by Crippen LogP contribution is 2.34. The Bertz CT molecular complexity index is 1300. The fourth-order valence-corrected chi connectivity index (χ4v) is 5.49. The Kier molecular flexibility index (Phi) is 6.25. The number of aliphatic carboxylic acids is 1. The Hall–Kier alpha value is -3.36. The smallest absolute Gasteiger partial charge is 0.306 e. The van der Waals surface area contributed by atoms with E-state index in [0.29, 0.717) is 50.5 Å². The minimum atomic E-state index is -1.24. The highest BCUT2D eigenvalue weighted by Gasteiger charge is 2.31. The molecule has 1 N–H and O–H groups in total. The molecule has 2 aliphatic rings. The molecule has 0 radical (unpaired) electrons. The number of hydrogen-bond acceptors (Lipinski definition) is 3. The molecule has 1 saturated carbocycles. The first-order valence-corrected chi connectivity index (χ1v) is 11.9. The van der Waals surface area contributed by atoms with Crippen LogP contribution in [0.4, 0.5) is 13.2 Å². The van der Waals surface area contributed by atoms with Gasteiger partial charge < -0.3 is 14.6 Å². The first-order valence-electron chi connectivity index (χ1n) is 11.9. The predicted octanol–water partition coefficient (Wildman–Crippen LogP) is 4.67. The van der Waals surface area contributed by atoms with E-state index in [0.717, 1.165) is 35.6 Å². The van der Waals surface area contributed by atoms with Gasteiger partial charge in [0, 0.05) is 41.9 Å². The van der Waals surface area contributed by atoms with E-state index in [-0.39, 0.29) is 29.9 Å². The van der Waals surface area contributed by atoms with Crippen molar-refractivity contribution in [3.05, 3.63) is 64.7 Å². The number of rotatable bonds is 5. The Balaban J connectivity index is 1.39. The summed E-state index contributed by atoms with van der Waals surface area (Å²) in [6.07, 6.45) is 5.25. The lowest BCUT2D eigenvalue weighted by atomic mass is 9.80. The first kappa shape index (κ1) is 23.4. The summed E-state index contributed by atoms with van der Waals surface area (Å²) in [6.45, 7) is 0.831. The van der Waals surface area contributed by atoms with Gasteiger partial charge in [-0.1, -0.05) is 0 Å². The van der Waals surface area contributed by atoms with E-state index in [4.69, 9.17) is 0 Å². The first-order chi connectivity index (χ1) is 16.8. The van der Waals surface area contributed by atoms with E-state index in [1.54, 1.807) is 15.7 Å². The number of carbonyl (C=O) groups excluding carboxylic acids is 1. The lowest BCUT2D eigenvalue weighted by Crippen LogP contribution is -2.38. The third-order valence-corrected chi connectivity index (χ3v) is 7.44. The molecule has 3 heterocycles. The van der Waals surface area contributed by atoms with E-state index < -0.39 is 23.4 Å². The van der Waals surface area contributed by atoms with E-state index in [2.05, 4.69) is 4.98 Å². The average molecular weight is 486 g/mol. The van der Waals surface area contributed by atoms with Crippen LogP contribution >= 0.6 is 0 Å². The normalized spacial score (nSPS) is 20.1. The zero-order valence-electron chi connectivity index (χ0n) is 19.1. The molecule has 6 nitrogen and oxygen atoms in total. The number of hydrogen-bond donors (Lipinski definition) is 1. The molecule has 1 aliphatic carbocycles. The fraction of sp³-hybridized carbons (Fsp3) is 0.423. The molecule has 0 atom stereocenters. The molecule has 5 rings (SSSR count). The van der Waals surface area contributed by atoms with Crippen LogP contribution in [0.15, 0.2) is 30.5 Å². The summed E-state index contributed by atoms with van der Waals surface area (Å²) < 4.78 is 43.5. The van der Waals surface area contributed by atoms with Gasteiger partial charge in [0.2, 0.25) is 5.91 Å². The number of fused-ring (bicyclic) bond motifs is 3. The van der Waals surface area contributed by atoms with Crippen LogP contribution < -0.4 is 0 Å². The van der Waals surface area contributed by atoms with Crippen molar-refractivity contribution in [2.24, 2.45) is 11.8 Å². The molecule has 2 aromatic heterocycles. The molecule has 3 aromatic rings. The maximum atomic E-state index is 14.5. The van der Waals surface area contributed by atoms with Crippen LogP contribution in [0.25, 0.3) is 11.0 Å². The Morgan fingerprint density at radius 2 is 1.80 bits per heavy atom. The molecule has 0 spiro atoms. The third-order valence-electron chi connectivity index (χ3n) is 7.44. The average Bonchev–Trinajstić information content (AvgIpc) is 3.16. The van der Waals surface area contributed by atoms with Crippen LogP contribution in [0.3, 0.4) is 0 Å². The molecule has 1 aliphatic heterocycles. The Morgan fingerprint density at radius 1 is 1.06 bits per heavy atom. The van der Waals surface area contributed by atoms with E-state index in [9.17, 15) is 27.9 Å². The molecule has 184 valence electrons. The van der Waals surface area contributed by atoms with Gasteiger partial charge in [-0.2, -0.15) is 0 Å². The van der Waals surface area contributed by atoms with Crippen molar-refractivity contribution >= 4 is 22.9 Å². The highest BCUT2D eigenvalue weighted by atomic mass is 19.2. The number of halogens is 3. The molecule has 1 aromatic carbocycles. The molecule has 1 amide bonds. The largest absolute Gasteiger partial charge is 0.481 e. The summed E-state index contributed by atoms with van der Waals surface area (Å²) >= 11 is 0. The third kappa shape index (κ3) is 4.51. The summed E-state index contributed by atoms with van der Waals surface area (Å²) in [7, 11) is 0. The van der Waals surface area contributed by atoms with Gasteiger partial charge in [0.05, 0.1) is 19.0 Å². The number of carbonyl (C=O) groups is 2. The number of nitrogens with zero attached hydrogens (tertiary/aromatic N) is 3. The van der Waals surface area contributed by atoms with Crippen LogP contribution in [0.1, 0.15) is 48.9 Å². The summed E-state index contributed by atoms with van der Waals surface area (Å²) in [4.78, 5) is 30.6. The van der Waals surface area contributed by atoms with E-state index >= 15 is 0 Å². The van der Waals surface area contributed by atoms with Crippen LogP contribution in [0, 0.1) is 29.3 Å². The standard InChI is InChI=1S/C26H26F3N3O3/c27-20-12-22(29)21(28)11-17(20)13-32-23-14-31(9-7-18(23)19-2-1-8-30-25(19)32)24(33)10-15-3-5-16(6-4-15)26(34)35/h1-2,8,11-12,15-16H,3-7,9-10,13-14H2,(H,34,35)/t15-,16+. The molecular formula is C26H26F3N3O3. The van der Waals surface area contributed by atoms with E-state index in [1.807, 2.05) is 12.1 Å². The summed E-state index contributed by atoms with van der Waals surface area (Å²) in [5, 5.41) is 10.1. The second kappa shape index (κ2) is 9.36. The van der Waals surface area contributed by atoms with E-state index in [1.165, 1.54) is 0 Å². The van der Waals surface area contributed by atoms with Gasteiger partial charge in [0.1, 0.15) is 11.5 Å². The summed E-state index contributed by atoms with van der Waals surface area (Å²) in [5.41, 5.74) is 2.47. The minimum Gasteiger partial charge on any atom is -0.481 e. The second-order valence-corrected chi connectivity index (χ2v) is 9.57. The molecular weight excluding hydrogens is 459 g/mol. The number of pyridine rings is 1. The molecule has 35 heavy (non-hydrogen) atoms. The van der Waals surface area contributed by atoms with Gasteiger partial charge in [0.15, 0.2) is 11.6 Å². The van der Waals surface area contributed by atoms with Gasteiger partial charge in [-0.3, -0.25) is 9.59 Å². The van der Waals surface area contributed by atoms with Crippen LogP contribution in [-0.4, -0.2) is 38.0 Å². The zero-order chi connectivity index (χ0) is 24.7. The molecule has 0 unspecified atom stereocenters. The minimum absolute atomic E-state index is 0.00731. The van der Waals surface area contributed by atoms with Gasteiger partial charge in [-0.25, -0.2) is 18.2 Å². The second-order valence-electron chi connectivity index (χ2n) is 9.57. The van der Waals surface area contributed by atoms with Crippen molar-refractivity contribution in [3.8, 4) is 0 Å². The fourth-order valence-electron chi connectivity index (χ4n) is 5.49. The molecule has 0 saturated heterocycles. The molecule has 1 fully saturated rings. The van der Waals surface area contributed by atoms with Crippen LogP contribution in [-0.2, 0) is 29.1 Å². The van der Waals surface area contributed by atoms with Gasteiger partial charge in [-0.05, 0) is 61.8 Å². The molecule has 9 heteroatoms. The number of carboxylic acids is 1. The van der Waals surface area contributed by atoms with Crippen molar-refractivity contribution in [1.29, 1.82) is 0 Å². The van der Waals surface area contributed by atoms with Gasteiger partial charge >= 0.3 is 5.97 Å². The quantitative estimate of drug-likeness (QED) is 0.533. The van der Waals surface area contributed by atoms with Crippen molar-refractivity contribution < 1.29 is 27.9 Å². The number of benzene rings is 1. The number of carboxylic acid groups (broad SMARTS) is 1. The monoisotopic (exact) mass is 485 g/mol. The Morgan fingerprint density at radius 3 is 2.54 bits per heavy atom. The van der Waals surface area contributed by atoms with Gasteiger partial charge in [-0.15, -0.1) is 0 Å². The van der Waals surface area contributed by atoms with Crippen molar-refractivity contribution in [1.82, 2.24) is 14.5 Å². The predicted molar refractivity (Wildman–Crippen MR) is 122 cm³/mol. The lowest BCUT2D eigenvalue weighted by Gasteiger charge is -2.31. The lowest BCUT2D eigenvalue weighted by molar-refractivity contribution is -0.143. The molecule has 0 bridgehead atoms. The van der Waals surface area contributed by atoms with Crippen molar-refractivity contribution in [3.63, 3.8) is 0 Å². The maximum absolute atomic E-state index is 14.5. The van der Waals surface area contributed by atoms with Gasteiger partial charge in [0.25, 0.3) is 0 Å². The summed E-state index contributed by atoms with van der Waals surface area (Å²) in [5.74, 6) is -4.10. The van der Waals surface area contributed by atoms with Crippen LogP contribution in [0.5, 0.6) is 0 Å². The number of amides is 1. The van der Waals surface area contributed by atoms with Crippen molar-refractivity contribution in [2.45, 2.75) is 51.6 Å². The zero-order valence-corrected chi connectivity index (χ0v) is 19.1. The topological polar surface area (TPSA) is 75.4 Å². The number of aromatic nitrogens is 2. The highest BCUT2D eigenvalue weighted by molar-refractivity contribution is 5.84. The SMILES string of the molecule is O=C(C[C@H]1CC[C@@H](C(=O)O)CC1)N1CCc2c(n(Cc3cc(F)c(F)cc3F)c3ncccc23)C1. The van der Waals surface area contributed by atoms with Crippen molar-refractivity contribution in [2.75, 3.05) is 6.54 Å².